The summed E-state index contributed by atoms with van der Waals surface area (Å²) in [5.74, 6) is -1.60. The van der Waals surface area contributed by atoms with Crippen molar-refractivity contribution in [3.05, 3.63) is 93.7 Å². The minimum absolute atomic E-state index is 0.165. The van der Waals surface area contributed by atoms with Crippen LogP contribution >= 0.6 is 11.6 Å². The van der Waals surface area contributed by atoms with Gasteiger partial charge in [-0.3, -0.25) is 9.59 Å². The molecule has 0 bridgehead atoms. The lowest BCUT2D eigenvalue weighted by Crippen LogP contribution is -2.38. The predicted octanol–water partition coefficient (Wildman–Crippen LogP) is 4.80. The lowest BCUT2D eigenvalue weighted by Gasteiger charge is -2.36. The van der Waals surface area contributed by atoms with Crippen LogP contribution in [0.4, 0.5) is 10.5 Å². The molecular formula is C29H33ClN4O5. The summed E-state index contributed by atoms with van der Waals surface area (Å²) in [6, 6.07) is 5.49. The molecule has 9 nitrogen and oxygen atoms in total. The van der Waals surface area contributed by atoms with Gasteiger partial charge in [0.2, 0.25) is 0 Å². The molecule has 0 spiro atoms. The minimum atomic E-state index is -1.09. The van der Waals surface area contributed by atoms with Crippen LogP contribution in [0.1, 0.15) is 42.0 Å². The average Bonchev–Trinajstić information content (AvgIpc) is 2.91. The van der Waals surface area contributed by atoms with Crippen LogP contribution in [0.3, 0.4) is 0 Å². The number of aryl methyl sites for hydroxylation is 2. The van der Waals surface area contributed by atoms with Gasteiger partial charge in [-0.15, -0.1) is 11.6 Å². The van der Waals surface area contributed by atoms with Crippen molar-refractivity contribution >= 4 is 29.3 Å². The summed E-state index contributed by atoms with van der Waals surface area (Å²) in [4.78, 5) is 40.0. The van der Waals surface area contributed by atoms with Gasteiger partial charge in [0.05, 0.1) is 12.5 Å². The molecule has 3 atom stereocenters. The highest BCUT2D eigenvalue weighted by atomic mass is 35.5. The van der Waals surface area contributed by atoms with Gasteiger partial charge in [-0.1, -0.05) is 48.1 Å². The Hall–Kier alpha value is -3.98. The largest absolute Gasteiger partial charge is 0.505 e. The summed E-state index contributed by atoms with van der Waals surface area (Å²) >= 11 is 6.76. The third-order valence-corrected chi connectivity index (χ3v) is 7.51. The standard InChI is InChI=1S/C29H33ClN4O5/c1-18-9-11-20(12-10-18)23(15-25(35)36)31-29(39)32-26-27(37)19(2)16-34(28(26)38)17-21-22(30)7-6-8-24(21)33-13-4-3-5-14-33/h3-5,8-13,16,21-23,37H,6-7,14-15,17H2,1-2H3,(H,35,36)(H2,31,32,39). The Kier molecular flexibility index (Phi) is 8.81. The zero-order valence-electron chi connectivity index (χ0n) is 21.9. The van der Waals surface area contributed by atoms with Crippen molar-refractivity contribution in [1.29, 1.82) is 0 Å². The van der Waals surface area contributed by atoms with Gasteiger partial charge < -0.3 is 30.3 Å². The molecule has 0 radical (unpaired) electrons. The van der Waals surface area contributed by atoms with Crippen LogP contribution in [-0.2, 0) is 11.3 Å². The van der Waals surface area contributed by atoms with Gasteiger partial charge in [0.25, 0.3) is 5.56 Å². The van der Waals surface area contributed by atoms with E-state index in [-0.39, 0.29) is 35.7 Å². The lowest BCUT2D eigenvalue weighted by molar-refractivity contribution is -0.137. The number of aromatic hydroxyl groups is 1. The number of allylic oxidation sites excluding steroid dienone is 4. The van der Waals surface area contributed by atoms with Gasteiger partial charge in [0.1, 0.15) is 5.75 Å². The van der Waals surface area contributed by atoms with Crippen LogP contribution in [0, 0.1) is 19.8 Å². The van der Waals surface area contributed by atoms with E-state index in [2.05, 4.69) is 21.6 Å². The lowest BCUT2D eigenvalue weighted by atomic mass is 9.90. The second kappa shape index (κ2) is 12.3. The molecule has 2 heterocycles. The van der Waals surface area contributed by atoms with Crippen LogP contribution in [0.25, 0.3) is 0 Å². The van der Waals surface area contributed by atoms with Crippen molar-refractivity contribution in [1.82, 2.24) is 14.8 Å². The van der Waals surface area contributed by atoms with E-state index < -0.39 is 23.6 Å². The first-order valence-corrected chi connectivity index (χ1v) is 13.3. The number of carbonyl (C=O) groups excluding carboxylic acids is 1. The zero-order valence-corrected chi connectivity index (χ0v) is 22.7. The maximum Gasteiger partial charge on any atom is 0.319 e. The van der Waals surface area contributed by atoms with Crippen LogP contribution < -0.4 is 16.2 Å². The van der Waals surface area contributed by atoms with Crippen molar-refractivity contribution < 1.29 is 19.8 Å². The van der Waals surface area contributed by atoms with Crippen molar-refractivity contribution in [2.45, 2.75) is 51.1 Å². The number of carboxylic acid groups (broad SMARTS) is 1. The molecule has 2 amide bonds. The quantitative estimate of drug-likeness (QED) is 0.349. The SMILES string of the molecule is Cc1ccc(C(CC(=O)O)NC(=O)Nc2c(O)c(C)cn(CC3C(N4C=CC=CC4)=CCCC3Cl)c2=O)cc1. The Labute approximate surface area is 232 Å². The maximum absolute atomic E-state index is 13.5. The van der Waals surface area contributed by atoms with E-state index in [1.807, 2.05) is 43.5 Å². The third-order valence-electron chi connectivity index (χ3n) is 6.99. The number of aliphatic carboxylic acids is 1. The summed E-state index contributed by atoms with van der Waals surface area (Å²) in [5, 5.41) is 24.9. The molecule has 1 aromatic carbocycles. The number of hydrogen-bond donors (Lipinski definition) is 4. The number of rotatable bonds is 8. The molecule has 4 rings (SSSR count). The Morgan fingerprint density at radius 2 is 1.92 bits per heavy atom. The minimum Gasteiger partial charge on any atom is -0.505 e. The van der Waals surface area contributed by atoms with Crippen molar-refractivity contribution in [2.24, 2.45) is 5.92 Å². The molecular weight excluding hydrogens is 520 g/mol. The van der Waals surface area contributed by atoms with Crippen LogP contribution in [0.5, 0.6) is 5.75 Å². The number of carbonyl (C=O) groups is 2. The Bertz CT molecular complexity index is 1380. The van der Waals surface area contributed by atoms with Gasteiger partial charge in [0, 0.05) is 48.0 Å². The molecule has 206 valence electrons. The average molecular weight is 553 g/mol. The number of pyridine rings is 1. The zero-order chi connectivity index (χ0) is 28.1. The van der Waals surface area contributed by atoms with Crippen molar-refractivity contribution in [3.8, 4) is 5.75 Å². The fraction of sp³-hybridized carbons (Fsp3) is 0.345. The van der Waals surface area contributed by atoms with E-state index in [0.717, 1.165) is 24.1 Å². The van der Waals surface area contributed by atoms with E-state index in [4.69, 9.17) is 11.6 Å². The molecule has 0 saturated heterocycles. The topological polar surface area (TPSA) is 124 Å². The molecule has 1 aliphatic heterocycles. The highest BCUT2D eigenvalue weighted by Crippen LogP contribution is 2.34. The summed E-state index contributed by atoms with van der Waals surface area (Å²) in [6.45, 7) is 4.51. The number of carboxylic acids is 1. The van der Waals surface area contributed by atoms with E-state index >= 15 is 0 Å². The number of anilines is 1. The summed E-state index contributed by atoms with van der Waals surface area (Å²) in [5.41, 5.74) is 2.17. The van der Waals surface area contributed by atoms with Gasteiger partial charge in [-0.2, -0.15) is 0 Å². The summed E-state index contributed by atoms with van der Waals surface area (Å²) < 4.78 is 1.46. The van der Waals surface area contributed by atoms with Crippen molar-refractivity contribution in [3.63, 3.8) is 0 Å². The second-order valence-corrected chi connectivity index (χ2v) is 10.5. The first kappa shape index (κ1) is 28.0. The second-order valence-electron chi connectivity index (χ2n) is 9.90. The summed E-state index contributed by atoms with van der Waals surface area (Å²) in [7, 11) is 0. The van der Waals surface area contributed by atoms with Crippen molar-refractivity contribution in [2.75, 3.05) is 11.9 Å². The molecule has 10 heteroatoms. The number of nitrogens with one attached hydrogen (secondary N) is 2. The fourth-order valence-corrected chi connectivity index (χ4v) is 5.25. The number of benzene rings is 1. The highest BCUT2D eigenvalue weighted by Gasteiger charge is 2.31. The molecule has 1 aromatic heterocycles. The molecule has 3 unspecified atom stereocenters. The molecule has 39 heavy (non-hydrogen) atoms. The number of alkyl halides is 1. The van der Waals surface area contributed by atoms with Crippen LogP contribution in [0.15, 0.2) is 71.5 Å². The first-order valence-electron chi connectivity index (χ1n) is 12.9. The number of hydrogen-bond acceptors (Lipinski definition) is 5. The van der Waals surface area contributed by atoms with Gasteiger partial charge in [-0.05, 0) is 38.3 Å². The fourth-order valence-electron chi connectivity index (χ4n) is 4.91. The third kappa shape index (κ3) is 6.72. The van der Waals surface area contributed by atoms with Crippen LogP contribution in [0.2, 0.25) is 0 Å². The molecule has 2 aliphatic rings. The number of halogens is 1. The van der Waals surface area contributed by atoms with Gasteiger partial charge in [0.15, 0.2) is 5.69 Å². The smallest absolute Gasteiger partial charge is 0.319 e. The first-order chi connectivity index (χ1) is 18.6. The van der Waals surface area contributed by atoms with E-state index in [1.165, 1.54) is 4.57 Å². The maximum atomic E-state index is 13.5. The Morgan fingerprint density at radius 3 is 2.59 bits per heavy atom. The van der Waals surface area contributed by atoms with Crippen LogP contribution in [-0.4, -0.2) is 43.6 Å². The predicted molar refractivity (Wildman–Crippen MR) is 151 cm³/mol. The Balaban J connectivity index is 1.57. The summed E-state index contributed by atoms with van der Waals surface area (Å²) in [6.07, 6.45) is 12.9. The number of nitrogens with zero attached hydrogens (tertiary/aromatic N) is 2. The molecule has 1 aliphatic carbocycles. The van der Waals surface area contributed by atoms with Gasteiger partial charge >= 0.3 is 12.0 Å². The van der Waals surface area contributed by atoms with Gasteiger partial charge in [-0.25, -0.2) is 4.79 Å². The number of amides is 2. The highest BCUT2D eigenvalue weighted by molar-refractivity contribution is 6.21. The Morgan fingerprint density at radius 1 is 1.18 bits per heavy atom. The van der Waals surface area contributed by atoms with E-state index in [9.17, 15) is 24.6 Å². The number of urea groups is 1. The van der Waals surface area contributed by atoms with E-state index in [0.29, 0.717) is 17.7 Å². The molecule has 0 fully saturated rings. The monoisotopic (exact) mass is 552 g/mol. The number of aromatic nitrogens is 1. The molecule has 4 N–H and O–H groups in total. The normalized spacial score (nSPS) is 19.4. The molecule has 0 saturated carbocycles. The van der Waals surface area contributed by atoms with E-state index in [1.54, 1.807) is 25.3 Å². The molecule has 2 aromatic rings.